The molecule has 0 atom stereocenters. The molecule has 1 heterocycles. The van der Waals surface area contributed by atoms with Gasteiger partial charge in [0.2, 0.25) is 0 Å². The highest BCUT2D eigenvalue weighted by Crippen LogP contribution is 2.12. The van der Waals surface area contributed by atoms with Crippen LogP contribution < -0.4 is 15.6 Å². The number of aromatic nitrogens is 2. The number of H-pyrrole nitrogens is 1. The summed E-state index contributed by atoms with van der Waals surface area (Å²) in [4.78, 5) is 22.7. The molecule has 2 aromatic rings. The van der Waals surface area contributed by atoms with Crippen molar-refractivity contribution in [1.82, 2.24) is 15.5 Å². The lowest BCUT2D eigenvalue weighted by atomic mass is 10.2. The van der Waals surface area contributed by atoms with E-state index in [4.69, 9.17) is 4.74 Å². The van der Waals surface area contributed by atoms with Gasteiger partial charge in [-0.25, -0.2) is 5.10 Å². The van der Waals surface area contributed by atoms with Gasteiger partial charge in [-0.2, -0.15) is 5.10 Å². The minimum absolute atomic E-state index is 0.178. The van der Waals surface area contributed by atoms with Crippen LogP contribution in [0.1, 0.15) is 29.4 Å². The van der Waals surface area contributed by atoms with Crippen LogP contribution in [0.3, 0.4) is 0 Å². The van der Waals surface area contributed by atoms with E-state index in [2.05, 4.69) is 22.4 Å². The van der Waals surface area contributed by atoms with Crippen LogP contribution in [0, 0.1) is 0 Å². The molecular formula is C15H17N3O3. The number of carbonyl (C=O) groups excluding carboxylic acids is 1. The van der Waals surface area contributed by atoms with E-state index in [1.54, 1.807) is 0 Å². The van der Waals surface area contributed by atoms with E-state index in [0.717, 1.165) is 17.7 Å². The highest BCUT2D eigenvalue weighted by Gasteiger charge is 2.06. The lowest BCUT2D eigenvalue weighted by Crippen LogP contribution is -2.25. The molecule has 2 rings (SSSR count). The number of carbonyl (C=O) groups is 1. The van der Waals surface area contributed by atoms with Gasteiger partial charge in [0.25, 0.3) is 11.5 Å². The highest BCUT2D eigenvalue weighted by atomic mass is 16.5. The Balaban J connectivity index is 1.89. The second-order valence-electron chi connectivity index (χ2n) is 4.48. The third-order valence-corrected chi connectivity index (χ3v) is 2.76. The number of amides is 1. The Kier molecular flexibility index (Phi) is 5.09. The van der Waals surface area contributed by atoms with Crippen molar-refractivity contribution in [3.63, 3.8) is 0 Å². The molecular weight excluding hydrogens is 270 g/mol. The summed E-state index contributed by atoms with van der Waals surface area (Å²) in [7, 11) is 0. The number of hydrogen-bond acceptors (Lipinski definition) is 4. The number of rotatable bonds is 6. The van der Waals surface area contributed by atoms with Crippen molar-refractivity contribution < 1.29 is 9.53 Å². The molecule has 2 N–H and O–H groups in total. The van der Waals surface area contributed by atoms with Crippen molar-refractivity contribution in [2.75, 3.05) is 6.61 Å². The van der Waals surface area contributed by atoms with Gasteiger partial charge < -0.3 is 10.1 Å². The predicted molar refractivity (Wildman–Crippen MR) is 78.3 cm³/mol. The molecule has 1 amide bonds. The molecule has 0 spiro atoms. The minimum atomic E-state index is -0.339. The molecule has 0 fully saturated rings. The Morgan fingerprint density at radius 1 is 1.24 bits per heavy atom. The van der Waals surface area contributed by atoms with E-state index in [0.29, 0.717) is 13.2 Å². The van der Waals surface area contributed by atoms with Crippen LogP contribution in [-0.4, -0.2) is 22.7 Å². The minimum Gasteiger partial charge on any atom is -0.494 e. The maximum atomic E-state index is 11.8. The van der Waals surface area contributed by atoms with Gasteiger partial charge in [0.05, 0.1) is 6.61 Å². The number of nitrogens with zero attached hydrogens (tertiary/aromatic N) is 1. The third kappa shape index (κ3) is 4.45. The van der Waals surface area contributed by atoms with Crippen molar-refractivity contribution in [2.24, 2.45) is 0 Å². The van der Waals surface area contributed by atoms with Crippen molar-refractivity contribution >= 4 is 5.91 Å². The van der Waals surface area contributed by atoms with E-state index in [9.17, 15) is 9.59 Å². The Morgan fingerprint density at radius 3 is 2.62 bits per heavy atom. The van der Waals surface area contributed by atoms with Gasteiger partial charge in [0.1, 0.15) is 11.4 Å². The molecule has 0 unspecified atom stereocenters. The van der Waals surface area contributed by atoms with Gasteiger partial charge in [-0.3, -0.25) is 9.59 Å². The van der Waals surface area contributed by atoms with Crippen LogP contribution in [0.2, 0.25) is 0 Å². The summed E-state index contributed by atoms with van der Waals surface area (Å²) in [6.45, 7) is 3.12. The summed E-state index contributed by atoms with van der Waals surface area (Å²) in [5.41, 5.74) is 0.795. The molecule has 0 radical (unpaired) electrons. The van der Waals surface area contributed by atoms with Crippen LogP contribution in [0.4, 0.5) is 0 Å². The van der Waals surface area contributed by atoms with E-state index in [1.807, 2.05) is 24.3 Å². The van der Waals surface area contributed by atoms with Crippen LogP contribution in [-0.2, 0) is 6.54 Å². The zero-order chi connectivity index (χ0) is 15.1. The maximum absolute atomic E-state index is 11.8. The molecule has 6 nitrogen and oxygen atoms in total. The smallest absolute Gasteiger partial charge is 0.271 e. The summed E-state index contributed by atoms with van der Waals surface area (Å²) in [5, 5.41) is 8.62. The van der Waals surface area contributed by atoms with Crippen LogP contribution in [0.15, 0.2) is 41.2 Å². The molecule has 0 saturated carbocycles. The first-order chi connectivity index (χ1) is 10.2. The second kappa shape index (κ2) is 7.23. The van der Waals surface area contributed by atoms with Crippen molar-refractivity contribution in [3.8, 4) is 5.75 Å². The van der Waals surface area contributed by atoms with Crippen molar-refractivity contribution in [1.29, 1.82) is 0 Å². The van der Waals surface area contributed by atoms with Crippen LogP contribution >= 0.6 is 0 Å². The standard InChI is InChI=1S/C15H17N3O3/c1-2-9-21-12-5-3-11(4-6-12)10-16-15(20)13-7-8-14(19)18-17-13/h3-8H,2,9-10H2,1H3,(H,16,20)(H,18,19). The van der Waals surface area contributed by atoms with E-state index >= 15 is 0 Å². The first kappa shape index (κ1) is 14.8. The normalized spacial score (nSPS) is 10.1. The van der Waals surface area contributed by atoms with Gasteiger partial charge in [0, 0.05) is 12.6 Å². The van der Waals surface area contributed by atoms with Gasteiger partial charge >= 0.3 is 0 Å². The number of aromatic amines is 1. The number of benzene rings is 1. The summed E-state index contributed by atoms with van der Waals surface area (Å²) >= 11 is 0. The zero-order valence-corrected chi connectivity index (χ0v) is 11.8. The Morgan fingerprint density at radius 2 is 2.00 bits per heavy atom. The molecule has 1 aromatic heterocycles. The zero-order valence-electron chi connectivity index (χ0n) is 11.8. The maximum Gasteiger partial charge on any atom is 0.271 e. The van der Waals surface area contributed by atoms with Crippen LogP contribution in [0.25, 0.3) is 0 Å². The van der Waals surface area contributed by atoms with Gasteiger partial charge in [-0.1, -0.05) is 19.1 Å². The van der Waals surface area contributed by atoms with E-state index in [-0.39, 0.29) is 17.2 Å². The molecule has 1 aromatic carbocycles. The SMILES string of the molecule is CCCOc1ccc(CNC(=O)c2ccc(=O)[nH]n2)cc1. The topological polar surface area (TPSA) is 84.1 Å². The third-order valence-electron chi connectivity index (χ3n) is 2.76. The first-order valence-electron chi connectivity index (χ1n) is 6.74. The first-order valence-corrected chi connectivity index (χ1v) is 6.74. The molecule has 0 aliphatic heterocycles. The molecule has 0 aliphatic rings. The summed E-state index contributed by atoms with van der Waals surface area (Å²) in [5.74, 6) is 0.479. The fourth-order valence-electron chi connectivity index (χ4n) is 1.67. The fraction of sp³-hybridized carbons (Fsp3) is 0.267. The van der Waals surface area contributed by atoms with E-state index in [1.165, 1.54) is 12.1 Å². The molecule has 21 heavy (non-hydrogen) atoms. The fourth-order valence-corrected chi connectivity index (χ4v) is 1.67. The molecule has 110 valence electrons. The quantitative estimate of drug-likeness (QED) is 0.843. The van der Waals surface area contributed by atoms with Gasteiger partial charge in [-0.15, -0.1) is 0 Å². The monoisotopic (exact) mass is 287 g/mol. The largest absolute Gasteiger partial charge is 0.494 e. The lowest BCUT2D eigenvalue weighted by Gasteiger charge is -2.07. The summed E-state index contributed by atoms with van der Waals surface area (Å²) < 4.78 is 5.49. The Labute approximate surface area is 122 Å². The summed E-state index contributed by atoms with van der Waals surface area (Å²) in [6.07, 6.45) is 0.962. The van der Waals surface area contributed by atoms with Crippen molar-refractivity contribution in [2.45, 2.75) is 19.9 Å². The summed E-state index contributed by atoms with van der Waals surface area (Å²) in [6, 6.07) is 10.2. The number of ether oxygens (including phenoxy) is 1. The Hall–Kier alpha value is -2.63. The van der Waals surface area contributed by atoms with Crippen molar-refractivity contribution in [3.05, 3.63) is 58.0 Å². The Bertz CT molecular complexity index is 629. The van der Waals surface area contributed by atoms with E-state index < -0.39 is 0 Å². The lowest BCUT2D eigenvalue weighted by molar-refractivity contribution is 0.0945. The number of hydrogen-bond donors (Lipinski definition) is 2. The molecule has 0 bridgehead atoms. The molecule has 6 heteroatoms. The predicted octanol–water partition coefficient (Wildman–Crippen LogP) is 1.49. The van der Waals surface area contributed by atoms with Gasteiger partial charge in [-0.05, 0) is 30.2 Å². The highest BCUT2D eigenvalue weighted by molar-refractivity contribution is 5.91. The molecule has 0 aliphatic carbocycles. The second-order valence-corrected chi connectivity index (χ2v) is 4.48. The molecule has 0 saturated heterocycles. The van der Waals surface area contributed by atoms with Gasteiger partial charge in [0.15, 0.2) is 0 Å². The average Bonchev–Trinajstić information content (AvgIpc) is 2.52. The van der Waals surface area contributed by atoms with Crippen LogP contribution in [0.5, 0.6) is 5.75 Å². The number of nitrogens with one attached hydrogen (secondary N) is 2. The average molecular weight is 287 g/mol.